The predicted molar refractivity (Wildman–Crippen MR) is 86.7 cm³/mol. The molecule has 3 fully saturated rings. The third-order valence-corrected chi connectivity index (χ3v) is 6.10. The molecule has 2 saturated carbocycles. The first-order chi connectivity index (χ1) is 11.2. The van der Waals surface area contributed by atoms with Gasteiger partial charge in [0.25, 0.3) is 0 Å². The Morgan fingerprint density at radius 2 is 2.09 bits per heavy atom. The molecule has 2 heterocycles. The van der Waals surface area contributed by atoms with Crippen molar-refractivity contribution in [3.8, 4) is 0 Å². The topological polar surface area (TPSA) is 49.6 Å². The Labute approximate surface area is 138 Å². The summed E-state index contributed by atoms with van der Waals surface area (Å²) >= 11 is 0. The van der Waals surface area contributed by atoms with Crippen molar-refractivity contribution < 1.29 is 9.32 Å². The standard InChI is InChI=1S/C18H27N3O2/c1-13-8-17(23-19-13)12-20-4-6-21(7-5-20)18(22)11-16-10-14-2-3-15(16)9-14/h8,14-16H,2-7,9-12H2,1H3. The van der Waals surface area contributed by atoms with E-state index in [1.165, 1.54) is 25.7 Å². The molecule has 2 aliphatic carbocycles. The van der Waals surface area contributed by atoms with Crippen molar-refractivity contribution in [2.75, 3.05) is 26.2 Å². The molecule has 0 spiro atoms. The van der Waals surface area contributed by atoms with Crippen LogP contribution in [0.3, 0.4) is 0 Å². The number of carbonyl (C=O) groups is 1. The van der Waals surface area contributed by atoms with Crippen LogP contribution in [0.15, 0.2) is 10.6 Å². The molecule has 126 valence electrons. The molecule has 3 aliphatic rings. The summed E-state index contributed by atoms with van der Waals surface area (Å²) in [6.45, 7) is 6.32. The second kappa shape index (κ2) is 6.27. The maximum atomic E-state index is 12.6. The van der Waals surface area contributed by atoms with Crippen molar-refractivity contribution in [2.24, 2.45) is 17.8 Å². The van der Waals surface area contributed by atoms with Crippen LogP contribution in [0.1, 0.15) is 43.6 Å². The van der Waals surface area contributed by atoms with E-state index < -0.39 is 0 Å². The van der Waals surface area contributed by atoms with Gasteiger partial charge in [-0.2, -0.15) is 0 Å². The Bertz CT molecular complexity index is 562. The fourth-order valence-corrected chi connectivity index (χ4v) is 4.85. The van der Waals surface area contributed by atoms with Crippen molar-refractivity contribution in [3.05, 3.63) is 17.5 Å². The molecule has 5 heteroatoms. The second-order valence-electron chi connectivity index (χ2n) is 7.73. The van der Waals surface area contributed by atoms with Gasteiger partial charge in [0.1, 0.15) is 0 Å². The first-order valence-electron chi connectivity index (χ1n) is 9.09. The minimum atomic E-state index is 0.387. The van der Waals surface area contributed by atoms with Crippen LogP contribution in [-0.2, 0) is 11.3 Å². The zero-order valence-corrected chi connectivity index (χ0v) is 14.0. The summed E-state index contributed by atoms with van der Waals surface area (Å²) < 4.78 is 5.29. The smallest absolute Gasteiger partial charge is 0.222 e. The summed E-state index contributed by atoms with van der Waals surface area (Å²) in [6.07, 6.45) is 6.27. The first-order valence-corrected chi connectivity index (χ1v) is 9.09. The van der Waals surface area contributed by atoms with Crippen molar-refractivity contribution >= 4 is 5.91 Å². The van der Waals surface area contributed by atoms with Gasteiger partial charge in [0.05, 0.1) is 12.2 Å². The van der Waals surface area contributed by atoms with E-state index in [0.717, 1.165) is 62.4 Å². The van der Waals surface area contributed by atoms with Crippen LogP contribution >= 0.6 is 0 Å². The van der Waals surface area contributed by atoms with Gasteiger partial charge in [0.2, 0.25) is 5.91 Å². The molecular weight excluding hydrogens is 290 g/mol. The van der Waals surface area contributed by atoms with Gasteiger partial charge < -0.3 is 9.42 Å². The number of aryl methyl sites for hydroxylation is 1. The molecule has 0 aromatic carbocycles. The van der Waals surface area contributed by atoms with Crippen molar-refractivity contribution in [3.63, 3.8) is 0 Å². The number of nitrogens with zero attached hydrogens (tertiary/aromatic N) is 3. The van der Waals surface area contributed by atoms with E-state index >= 15 is 0 Å². The zero-order valence-electron chi connectivity index (χ0n) is 14.0. The van der Waals surface area contributed by atoms with Gasteiger partial charge in [0.15, 0.2) is 5.76 Å². The quantitative estimate of drug-likeness (QED) is 0.856. The van der Waals surface area contributed by atoms with E-state index in [-0.39, 0.29) is 0 Å². The molecule has 5 nitrogen and oxygen atoms in total. The van der Waals surface area contributed by atoms with Gasteiger partial charge in [-0.05, 0) is 43.9 Å². The SMILES string of the molecule is Cc1cc(CN2CCN(C(=O)CC3CC4CCC3C4)CC2)on1. The van der Waals surface area contributed by atoms with Crippen molar-refractivity contribution in [2.45, 2.75) is 45.6 Å². The summed E-state index contributed by atoms with van der Waals surface area (Å²) in [5, 5.41) is 3.94. The largest absolute Gasteiger partial charge is 0.360 e. The molecule has 1 aliphatic heterocycles. The van der Waals surface area contributed by atoms with Crippen LogP contribution in [0.25, 0.3) is 0 Å². The minimum Gasteiger partial charge on any atom is -0.360 e. The van der Waals surface area contributed by atoms with Crippen LogP contribution in [-0.4, -0.2) is 47.0 Å². The number of piperazine rings is 1. The number of fused-ring (bicyclic) bond motifs is 2. The Kier molecular flexibility index (Phi) is 4.14. The molecule has 4 rings (SSSR count). The highest BCUT2D eigenvalue weighted by Gasteiger charge is 2.40. The van der Waals surface area contributed by atoms with Crippen LogP contribution in [0.5, 0.6) is 0 Å². The number of amides is 1. The van der Waals surface area contributed by atoms with E-state index in [0.29, 0.717) is 11.8 Å². The number of hydrogen-bond donors (Lipinski definition) is 0. The van der Waals surface area contributed by atoms with Crippen LogP contribution in [0.4, 0.5) is 0 Å². The lowest BCUT2D eigenvalue weighted by atomic mass is 9.86. The van der Waals surface area contributed by atoms with Crippen LogP contribution < -0.4 is 0 Å². The molecule has 23 heavy (non-hydrogen) atoms. The Hall–Kier alpha value is -1.36. The van der Waals surface area contributed by atoms with Gasteiger partial charge in [-0.3, -0.25) is 9.69 Å². The minimum absolute atomic E-state index is 0.387. The Morgan fingerprint density at radius 3 is 2.70 bits per heavy atom. The zero-order chi connectivity index (χ0) is 15.8. The third kappa shape index (κ3) is 3.30. The molecule has 1 amide bonds. The van der Waals surface area contributed by atoms with E-state index in [9.17, 15) is 4.79 Å². The highest BCUT2D eigenvalue weighted by molar-refractivity contribution is 5.76. The number of carbonyl (C=O) groups excluding carboxylic acids is 1. The maximum absolute atomic E-state index is 12.6. The van der Waals surface area contributed by atoms with Gasteiger partial charge in [-0.25, -0.2) is 0 Å². The third-order valence-electron chi connectivity index (χ3n) is 6.10. The van der Waals surface area contributed by atoms with Crippen LogP contribution in [0.2, 0.25) is 0 Å². The Balaban J connectivity index is 1.23. The second-order valence-corrected chi connectivity index (χ2v) is 7.73. The summed E-state index contributed by atoms with van der Waals surface area (Å²) in [4.78, 5) is 17.0. The number of aromatic nitrogens is 1. The van der Waals surface area contributed by atoms with Gasteiger partial charge >= 0.3 is 0 Å². The maximum Gasteiger partial charge on any atom is 0.222 e. The molecule has 0 N–H and O–H groups in total. The number of rotatable bonds is 4. The summed E-state index contributed by atoms with van der Waals surface area (Å²) in [5.41, 5.74) is 0.930. The van der Waals surface area contributed by atoms with E-state index in [2.05, 4.69) is 15.0 Å². The number of hydrogen-bond acceptors (Lipinski definition) is 4. The average Bonchev–Trinajstić information content (AvgIpc) is 3.25. The van der Waals surface area contributed by atoms with Crippen LogP contribution in [0, 0.1) is 24.7 Å². The molecular formula is C18H27N3O2. The molecule has 0 radical (unpaired) electrons. The lowest BCUT2D eigenvalue weighted by Gasteiger charge is -2.35. The van der Waals surface area contributed by atoms with Crippen molar-refractivity contribution in [1.82, 2.24) is 15.0 Å². The van der Waals surface area contributed by atoms with Gasteiger partial charge in [0, 0.05) is 38.7 Å². The molecule has 3 atom stereocenters. The lowest BCUT2D eigenvalue weighted by Crippen LogP contribution is -2.48. The lowest BCUT2D eigenvalue weighted by molar-refractivity contribution is -0.134. The van der Waals surface area contributed by atoms with Crippen molar-refractivity contribution in [1.29, 1.82) is 0 Å². The fourth-order valence-electron chi connectivity index (χ4n) is 4.85. The fraction of sp³-hybridized carbons (Fsp3) is 0.778. The van der Waals surface area contributed by atoms with Gasteiger partial charge in [-0.1, -0.05) is 11.6 Å². The summed E-state index contributed by atoms with van der Waals surface area (Å²) in [6, 6.07) is 1.99. The molecule has 1 saturated heterocycles. The summed E-state index contributed by atoms with van der Waals surface area (Å²) in [5.74, 6) is 3.76. The molecule has 1 aromatic rings. The summed E-state index contributed by atoms with van der Waals surface area (Å²) in [7, 11) is 0. The van der Waals surface area contributed by atoms with Gasteiger partial charge in [-0.15, -0.1) is 0 Å². The normalized spacial score (nSPS) is 31.0. The highest BCUT2D eigenvalue weighted by Crippen LogP contribution is 2.49. The highest BCUT2D eigenvalue weighted by atomic mass is 16.5. The first kappa shape index (κ1) is 15.2. The monoisotopic (exact) mass is 317 g/mol. The van der Waals surface area contributed by atoms with E-state index in [1.807, 2.05) is 13.0 Å². The molecule has 2 bridgehead atoms. The average molecular weight is 317 g/mol. The molecule has 3 unspecified atom stereocenters. The molecule has 1 aromatic heterocycles. The predicted octanol–water partition coefficient (Wildman–Crippen LogP) is 2.45. The Morgan fingerprint density at radius 1 is 1.26 bits per heavy atom. The van der Waals surface area contributed by atoms with E-state index in [4.69, 9.17) is 4.52 Å². The van der Waals surface area contributed by atoms with E-state index in [1.54, 1.807) is 0 Å².